The minimum Gasteiger partial charge on any atom is -0.491 e. The molecule has 7 heteroatoms. The molecular weight excluding hydrogens is 414 g/mol. The SMILES string of the molecule is Cc1ccc(OCCN(C)C(=O)c2c(C)ccn(CC3CCCNC3)c2=O)c(C)c1.Cl. The number of benzene rings is 1. The van der Waals surface area contributed by atoms with Crippen LogP contribution in [0.15, 0.2) is 35.3 Å². The lowest BCUT2D eigenvalue weighted by atomic mass is 9.99. The van der Waals surface area contributed by atoms with Crippen LogP contribution >= 0.6 is 12.4 Å². The maximum absolute atomic E-state index is 13.0. The summed E-state index contributed by atoms with van der Waals surface area (Å²) in [5.74, 6) is 0.990. The maximum Gasteiger partial charge on any atom is 0.263 e. The first kappa shape index (κ1) is 25.0. The fourth-order valence-electron chi connectivity index (χ4n) is 3.97. The van der Waals surface area contributed by atoms with Crippen LogP contribution in [-0.2, 0) is 6.54 Å². The summed E-state index contributed by atoms with van der Waals surface area (Å²) in [5.41, 5.74) is 3.03. The first-order valence-corrected chi connectivity index (χ1v) is 10.7. The average Bonchev–Trinajstić information content (AvgIpc) is 2.72. The molecule has 1 saturated heterocycles. The van der Waals surface area contributed by atoms with Crippen molar-refractivity contribution < 1.29 is 9.53 Å². The molecule has 0 radical (unpaired) electrons. The van der Waals surface area contributed by atoms with Gasteiger partial charge in [-0.3, -0.25) is 9.59 Å². The molecule has 1 atom stereocenters. The summed E-state index contributed by atoms with van der Waals surface area (Å²) < 4.78 is 7.54. The number of ether oxygens (including phenoxy) is 1. The molecule has 1 aliphatic rings. The highest BCUT2D eigenvalue weighted by atomic mass is 35.5. The zero-order valence-corrected chi connectivity index (χ0v) is 19.8. The first-order valence-electron chi connectivity index (χ1n) is 10.7. The molecule has 1 amide bonds. The second kappa shape index (κ2) is 11.3. The van der Waals surface area contributed by atoms with E-state index in [2.05, 4.69) is 11.4 Å². The third-order valence-corrected chi connectivity index (χ3v) is 5.80. The van der Waals surface area contributed by atoms with Crippen molar-refractivity contribution in [1.29, 1.82) is 0 Å². The molecule has 1 aliphatic heterocycles. The molecule has 31 heavy (non-hydrogen) atoms. The second-order valence-corrected chi connectivity index (χ2v) is 8.39. The number of aromatic nitrogens is 1. The molecule has 2 heterocycles. The molecule has 0 saturated carbocycles. The Bertz CT molecular complexity index is 952. The van der Waals surface area contributed by atoms with Gasteiger partial charge in [-0.1, -0.05) is 17.7 Å². The minimum atomic E-state index is -0.252. The molecule has 6 nitrogen and oxygen atoms in total. The summed E-state index contributed by atoms with van der Waals surface area (Å²) >= 11 is 0. The number of aryl methyl sites for hydroxylation is 3. The molecule has 3 rings (SSSR count). The number of hydrogen-bond donors (Lipinski definition) is 1. The van der Waals surface area contributed by atoms with Gasteiger partial charge in [-0.05, 0) is 75.9 Å². The van der Waals surface area contributed by atoms with Gasteiger partial charge in [0.15, 0.2) is 0 Å². The number of nitrogens with one attached hydrogen (secondary N) is 1. The molecule has 0 aliphatic carbocycles. The molecule has 2 aromatic rings. The van der Waals surface area contributed by atoms with Crippen LogP contribution in [0.4, 0.5) is 0 Å². The van der Waals surface area contributed by atoms with E-state index in [9.17, 15) is 9.59 Å². The van der Waals surface area contributed by atoms with E-state index in [0.717, 1.165) is 37.2 Å². The van der Waals surface area contributed by atoms with Gasteiger partial charge < -0.3 is 19.5 Å². The number of likely N-dealkylation sites (N-methyl/N-ethyl adjacent to an activating group) is 1. The van der Waals surface area contributed by atoms with Crippen LogP contribution in [-0.4, -0.2) is 48.7 Å². The van der Waals surface area contributed by atoms with Crippen molar-refractivity contribution >= 4 is 18.3 Å². The number of carbonyl (C=O) groups excluding carboxylic acids is 1. The molecular formula is C24H34ClN3O3. The van der Waals surface area contributed by atoms with Crippen LogP contribution in [0.5, 0.6) is 5.75 Å². The Labute approximate surface area is 191 Å². The van der Waals surface area contributed by atoms with E-state index in [4.69, 9.17) is 4.74 Å². The zero-order chi connectivity index (χ0) is 21.7. The van der Waals surface area contributed by atoms with E-state index in [1.807, 2.05) is 45.2 Å². The Morgan fingerprint density at radius 1 is 1.23 bits per heavy atom. The highest BCUT2D eigenvalue weighted by molar-refractivity contribution is 5.95. The third-order valence-electron chi connectivity index (χ3n) is 5.80. The first-order chi connectivity index (χ1) is 14.4. The van der Waals surface area contributed by atoms with Gasteiger partial charge in [0.1, 0.15) is 17.9 Å². The average molecular weight is 448 g/mol. The number of pyridine rings is 1. The fraction of sp³-hybridized carbons (Fsp3) is 0.500. The summed E-state index contributed by atoms with van der Waals surface area (Å²) in [7, 11) is 1.72. The Balaban J connectivity index is 0.00000341. The van der Waals surface area contributed by atoms with Crippen LogP contribution in [0.3, 0.4) is 0 Å². The number of carbonyl (C=O) groups is 1. The van der Waals surface area contributed by atoms with Gasteiger partial charge >= 0.3 is 0 Å². The fourth-order valence-corrected chi connectivity index (χ4v) is 3.97. The summed E-state index contributed by atoms with van der Waals surface area (Å²) in [6.07, 6.45) is 4.04. The number of amides is 1. The van der Waals surface area contributed by atoms with Gasteiger partial charge in [0.05, 0.1) is 6.54 Å². The summed E-state index contributed by atoms with van der Waals surface area (Å²) in [5, 5.41) is 3.38. The van der Waals surface area contributed by atoms with E-state index in [-0.39, 0.29) is 29.4 Å². The summed E-state index contributed by atoms with van der Waals surface area (Å²) in [6, 6.07) is 7.90. The van der Waals surface area contributed by atoms with Gasteiger partial charge in [0, 0.05) is 19.8 Å². The molecule has 1 fully saturated rings. The van der Waals surface area contributed by atoms with E-state index < -0.39 is 0 Å². The van der Waals surface area contributed by atoms with Crippen LogP contribution in [0.2, 0.25) is 0 Å². The monoisotopic (exact) mass is 447 g/mol. The molecule has 0 spiro atoms. The molecule has 170 valence electrons. The normalized spacial score (nSPS) is 15.8. The molecule has 1 aromatic heterocycles. The molecule has 1 aromatic carbocycles. The van der Waals surface area contributed by atoms with Gasteiger partial charge in [-0.25, -0.2) is 0 Å². The smallest absolute Gasteiger partial charge is 0.263 e. The predicted octanol–water partition coefficient (Wildman–Crippen LogP) is 3.35. The lowest BCUT2D eigenvalue weighted by molar-refractivity contribution is 0.0770. The topological polar surface area (TPSA) is 63.6 Å². The Kier molecular flexibility index (Phi) is 9.14. The largest absolute Gasteiger partial charge is 0.491 e. The number of rotatable bonds is 7. The number of halogens is 1. The highest BCUT2D eigenvalue weighted by Gasteiger charge is 2.21. The second-order valence-electron chi connectivity index (χ2n) is 8.39. The highest BCUT2D eigenvalue weighted by Crippen LogP contribution is 2.18. The molecule has 1 unspecified atom stereocenters. The number of hydrogen-bond acceptors (Lipinski definition) is 4. The van der Waals surface area contributed by atoms with Gasteiger partial charge in [-0.2, -0.15) is 0 Å². The predicted molar refractivity (Wildman–Crippen MR) is 127 cm³/mol. The Morgan fingerprint density at radius 3 is 2.68 bits per heavy atom. The lowest BCUT2D eigenvalue weighted by Gasteiger charge is -2.24. The minimum absolute atomic E-state index is 0. The summed E-state index contributed by atoms with van der Waals surface area (Å²) in [6.45, 7) is 9.26. The van der Waals surface area contributed by atoms with Crippen LogP contribution in [0, 0.1) is 26.7 Å². The van der Waals surface area contributed by atoms with Crippen molar-refractivity contribution in [2.24, 2.45) is 5.92 Å². The van der Waals surface area contributed by atoms with E-state index >= 15 is 0 Å². The standard InChI is InChI=1S/C24H33N3O3.ClH/c1-17-7-8-21(19(3)14-17)30-13-12-26(4)23(28)22-18(2)9-11-27(24(22)29)16-20-6-5-10-25-15-20;/h7-9,11,14,20,25H,5-6,10,12-13,15-16H2,1-4H3;1H. The van der Waals surface area contributed by atoms with Crippen LogP contribution < -0.4 is 15.6 Å². The summed E-state index contributed by atoms with van der Waals surface area (Å²) in [4.78, 5) is 27.6. The van der Waals surface area contributed by atoms with Crippen molar-refractivity contribution in [2.45, 2.75) is 40.2 Å². The molecule has 1 N–H and O–H groups in total. The van der Waals surface area contributed by atoms with Gasteiger partial charge in [0.2, 0.25) is 0 Å². The van der Waals surface area contributed by atoms with Crippen LogP contribution in [0.1, 0.15) is 39.9 Å². The van der Waals surface area contributed by atoms with Crippen molar-refractivity contribution in [3.63, 3.8) is 0 Å². The van der Waals surface area contributed by atoms with Crippen molar-refractivity contribution in [3.05, 3.63) is 63.1 Å². The zero-order valence-electron chi connectivity index (χ0n) is 18.9. The van der Waals surface area contributed by atoms with Crippen molar-refractivity contribution in [2.75, 3.05) is 33.3 Å². The van der Waals surface area contributed by atoms with Crippen molar-refractivity contribution in [1.82, 2.24) is 14.8 Å². The third kappa shape index (κ3) is 6.34. The van der Waals surface area contributed by atoms with Gasteiger partial charge in [-0.15, -0.1) is 12.4 Å². The number of nitrogens with zero attached hydrogens (tertiary/aromatic N) is 2. The van der Waals surface area contributed by atoms with Crippen LogP contribution in [0.25, 0.3) is 0 Å². The van der Waals surface area contributed by atoms with E-state index in [1.54, 1.807) is 16.5 Å². The number of piperidine rings is 1. The van der Waals surface area contributed by atoms with Crippen molar-refractivity contribution in [3.8, 4) is 5.75 Å². The molecule has 0 bridgehead atoms. The Morgan fingerprint density at radius 2 is 2.00 bits per heavy atom. The van der Waals surface area contributed by atoms with Gasteiger partial charge in [0.25, 0.3) is 11.5 Å². The maximum atomic E-state index is 13.0. The lowest BCUT2D eigenvalue weighted by Crippen LogP contribution is -2.39. The quantitative estimate of drug-likeness (QED) is 0.707. The van der Waals surface area contributed by atoms with E-state index in [1.165, 1.54) is 5.56 Å². The van der Waals surface area contributed by atoms with E-state index in [0.29, 0.717) is 31.2 Å². The Hall–Kier alpha value is -2.31.